The molecule has 3 rings (SSSR count). The highest BCUT2D eigenvalue weighted by atomic mass is 35.5. The van der Waals surface area contributed by atoms with Crippen LogP contribution in [0.3, 0.4) is 0 Å². The molecule has 5 nitrogen and oxygen atoms in total. The average molecular weight is 382 g/mol. The minimum absolute atomic E-state index is 0. The number of hydrogen-bond acceptors (Lipinski definition) is 5. The third kappa shape index (κ3) is 4.37. The van der Waals surface area contributed by atoms with Crippen molar-refractivity contribution in [2.45, 2.75) is 31.6 Å². The van der Waals surface area contributed by atoms with Crippen LogP contribution in [-0.4, -0.2) is 48.6 Å². The van der Waals surface area contributed by atoms with Crippen LogP contribution >= 0.6 is 36.2 Å². The Labute approximate surface area is 153 Å². The number of amides is 1. The lowest BCUT2D eigenvalue weighted by molar-refractivity contribution is -0.148. The van der Waals surface area contributed by atoms with E-state index in [1.165, 1.54) is 0 Å². The van der Waals surface area contributed by atoms with Gasteiger partial charge in [-0.1, -0.05) is 0 Å². The summed E-state index contributed by atoms with van der Waals surface area (Å²) in [6, 6.07) is 0. The van der Waals surface area contributed by atoms with Crippen LogP contribution < -0.4 is 5.73 Å². The van der Waals surface area contributed by atoms with Crippen LogP contribution in [-0.2, 0) is 9.53 Å². The Hall–Kier alpha value is -0.400. The van der Waals surface area contributed by atoms with Crippen molar-refractivity contribution >= 4 is 42.1 Å². The molecule has 0 aliphatic carbocycles. The molecule has 2 aliphatic heterocycles. The highest BCUT2D eigenvalue weighted by Gasteiger charge is 2.42. The van der Waals surface area contributed by atoms with E-state index in [1.54, 1.807) is 11.3 Å². The Bertz CT molecular complexity index is 481. The van der Waals surface area contributed by atoms with E-state index >= 15 is 0 Å². The first-order chi connectivity index (χ1) is 10.2. The SMILES string of the molecule is Cl.Cl.NCC1(C(=O)N2CCCC(c3nccs3)C2)CCOCC1. The molecule has 0 bridgehead atoms. The molecule has 0 radical (unpaired) electrons. The molecule has 1 aromatic rings. The van der Waals surface area contributed by atoms with Crippen molar-refractivity contribution < 1.29 is 9.53 Å². The summed E-state index contributed by atoms with van der Waals surface area (Å²) in [6.45, 7) is 3.35. The highest BCUT2D eigenvalue weighted by Crippen LogP contribution is 2.35. The van der Waals surface area contributed by atoms with Crippen LogP contribution in [0.5, 0.6) is 0 Å². The number of hydrogen-bond donors (Lipinski definition) is 1. The third-order valence-corrected chi connectivity index (χ3v) is 5.74. The first kappa shape index (κ1) is 20.6. The number of thiazole rings is 1. The number of nitrogens with zero attached hydrogens (tertiary/aromatic N) is 2. The van der Waals surface area contributed by atoms with E-state index < -0.39 is 5.41 Å². The topological polar surface area (TPSA) is 68.5 Å². The number of piperidine rings is 1. The molecule has 0 aromatic carbocycles. The summed E-state index contributed by atoms with van der Waals surface area (Å²) in [7, 11) is 0. The van der Waals surface area contributed by atoms with E-state index in [-0.39, 0.29) is 30.7 Å². The Morgan fingerprint density at radius 2 is 2.17 bits per heavy atom. The van der Waals surface area contributed by atoms with Crippen molar-refractivity contribution in [1.82, 2.24) is 9.88 Å². The molecule has 8 heteroatoms. The fourth-order valence-corrected chi connectivity index (χ4v) is 4.17. The molecule has 1 amide bonds. The summed E-state index contributed by atoms with van der Waals surface area (Å²) in [6.07, 6.45) is 5.52. The van der Waals surface area contributed by atoms with Gasteiger partial charge < -0.3 is 15.4 Å². The summed E-state index contributed by atoms with van der Waals surface area (Å²) >= 11 is 1.69. The van der Waals surface area contributed by atoms with Gasteiger partial charge in [-0.25, -0.2) is 4.98 Å². The summed E-state index contributed by atoms with van der Waals surface area (Å²) < 4.78 is 5.41. The van der Waals surface area contributed by atoms with Gasteiger partial charge >= 0.3 is 0 Å². The summed E-state index contributed by atoms with van der Waals surface area (Å²) in [4.78, 5) is 19.4. The lowest BCUT2D eigenvalue weighted by Gasteiger charge is -2.41. The molecular weight excluding hydrogens is 357 g/mol. The molecule has 1 aromatic heterocycles. The molecule has 2 saturated heterocycles. The number of ether oxygens (including phenoxy) is 1. The smallest absolute Gasteiger partial charge is 0.230 e. The van der Waals surface area contributed by atoms with Gasteiger partial charge in [0.05, 0.1) is 10.4 Å². The number of carbonyl (C=O) groups is 1. The molecule has 2 N–H and O–H groups in total. The van der Waals surface area contributed by atoms with E-state index in [2.05, 4.69) is 4.98 Å². The Morgan fingerprint density at radius 3 is 2.78 bits per heavy atom. The molecule has 1 atom stereocenters. The van der Waals surface area contributed by atoms with E-state index in [0.717, 1.165) is 43.8 Å². The zero-order chi connectivity index (χ0) is 14.7. The van der Waals surface area contributed by atoms with Crippen LogP contribution in [0.2, 0.25) is 0 Å². The second-order valence-electron chi connectivity index (χ2n) is 6.06. The van der Waals surface area contributed by atoms with Crippen molar-refractivity contribution in [3.8, 4) is 0 Å². The van der Waals surface area contributed by atoms with Gasteiger partial charge in [-0.15, -0.1) is 36.2 Å². The maximum atomic E-state index is 13.0. The number of rotatable bonds is 3. The lowest BCUT2D eigenvalue weighted by atomic mass is 9.78. The van der Waals surface area contributed by atoms with Crippen LogP contribution in [0.4, 0.5) is 0 Å². The average Bonchev–Trinajstić information content (AvgIpc) is 3.09. The van der Waals surface area contributed by atoms with Crippen molar-refractivity contribution in [3.63, 3.8) is 0 Å². The van der Waals surface area contributed by atoms with Crippen LogP contribution in [0.15, 0.2) is 11.6 Å². The maximum absolute atomic E-state index is 13.0. The number of carbonyl (C=O) groups excluding carboxylic acids is 1. The lowest BCUT2D eigenvalue weighted by Crippen LogP contribution is -2.53. The van der Waals surface area contributed by atoms with E-state index in [0.29, 0.717) is 25.7 Å². The molecule has 2 aliphatic rings. The van der Waals surface area contributed by atoms with Gasteiger partial charge in [0, 0.05) is 50.3 Å². The Morgan fingerprint density at radius 1 is 1.43 bits per heavy atom. The van der Waals surface area contributed by atoms with Crippen LogP contribution in [0, 0.1) is 5.41 Å². The molecule has 1 unspecified atom stereocenters. The predicted molar refractivity (Wildman–Crippen MR) is 96.7 cm³/mol. The van der Waals surface area contributed by atoms with Gasteiger partial charge in [-0.05, 0) is 25.7 Å². The first-order valence-electron chi connectivity index (χ1n) is 7.72. The number of likely N-dealkylation sites (tertiary alicyclic amines) is 1. The van der Waals surface area contributed by atoms with E-state index in [1.807, 2.05) is 16.5 Å². The fraction of sp³-hybridized carbons (Fsp3) is 0.733. The number of nitrogens with two attached hydrogens (primary N) is 1. The minimum Gasteiger partial charge on any atom is -0.381 e. The number of aromatic nitrogens is 1. The Balaban J connectivity index is 0.00000132. The van der Waals surface area contributed by atoms with Crippen molar-refractivity contribution in [2.24, 2.45) is 11.1 Å². The molecule has 3 heterocycles. The molecule has 0 saturated carbocycles. The highest BCUT2D eigenvalue weighted by molar-refractivity contribution is 7.09. The predicted octanol–water partition coefficient (Wildman–Crippen LogP) is 2.45. The van der Waals surface area contributed by atoms with Crippen molar-refractivity contribution in [2.75, 3.05) is 32.8 Å². The second kappa shape index (κ2) is 9.18. The summed E-state index contributed by atoms with van der Waals surface area (Å²) in [5, 5.41) is 3.16. The summed E-state index contributed by atoms with van der Waals surface area (Å²) in [5.41, 5.74) is 5.56. The van der Waals surface area contributed by atoms with Gasteiger partial charge in [0.25, 0.3) is 0 Å². The zero-order valence-corrected chi connectivity index (χ0v) is 15.6. The molecule has 23 heavy (non-hydrogen) atoms. The van der Waals surface area contributed by atoms with Gasteiger partial charge in [0.15, 0.2) is 0 Å². The summed E-state index contributed by atoms with van der Waals surface area (Å²) in [5.74, 6) is 0.618. The largest absolute Gasteiger partial charge is 0.381 e. The van der Waals surface area contributed by atoms with Gasteiger partial charge in [0.2, 0.25) is 5.91 Å². The quantitative estimate of drug-likeness (QED) is 0.872. The first-order valence-corrected chi connectivity index (χ1v) is 8.60. The maximum Gasteiger partial charge on any atom is 0.230 e. The second-order valence-corrected chi connectivity index (χ2v) is 6.98. The molecule has 2 fully saturated rings. The third-order valence-electron chi connectivity index (χ3n) is 4.80. The number of halogens is 2. The van der Waals surface area contributed by atoms with Gasteiger partial charge in [-0.3, -0.25) is 4.79 Å². The van der Waals surface area contributed by atoms with Crippen LogP contribution in [0.1, 0.15) is 36.6 Å². The normalized spacial score (nSPS) is 23.5. The van der Waals surface area contributed by atoms with Crippen molar-refractivity contribution in [1.29, 1.82) is 0 Å². The molecule has 132 valence electrons. The van der Waals surface area contributed by atoms with E-state index in [9.17, 15) is 4.79 Å². The van der Waals surface area contributed by atoms with Gasteiger partial charge in [0.1, 0.15) is 0 Å². The van der Waals surface area contributed by atoms with Crippen molar-refractivity contribution in [3.05, 3.63) is 16.6 Å². The van der Waals surface area contributed by atoms with Crippen LogP contribution in [0.25, 0.3) is 0 Å². The van der Waals surface area contributed by atoms with Gasteiger partial charge in [-0.2, -0.15) is 0 Å². The monoisotopic (exact) mass is 381 g/mol. The standard InChI is InChI=1S/C15H23N3O2S.2ClH/c16-11-15(3-7-20-8-4-15)14(19)18-6-1-2-12(10-18)13-17-5-9-21-13;;/h5,9,12H,1-4,6-8,10-11,16H2;2*1H. The fourth-order valence-electron chi connectivity index (χ4n) is 3.40. The zero-order valence-electron chi connectivity index (χ0n) is 13.1. The molecule has 0 spiro atoms. The Kier molecular flexibility index (Phi) is 8.24. The minimum atomic E-state index is -0.400. The van der Waals surface area contributed by atoms with E-state index in [4.69, 9.17) is 10.5 Å². The molecular formula is C15H25Cl2N3O2S.